The maximum atomic E-state index is 6.18. The summed E-state index contributed by atoms with van der Waals surface area (Å²) < 4.78 is 17.4. The first-order valence-electron chi connectivity index (χ1n) is 8.58. The molecule has 2 saturated heterocycles. The number of ether oxygens (including phenoxy) is 2. The zero-order valence-electron chi connectivity index (χ0n) is 13.9. The fraction of sp³-hybridized carbons (Fsp3) is 0.556. The molecule has 0 unspecified atom stereocenters. The zero-order valence-corrected chi connectivity index (χ0v) is 13.9. The van der Waals surface area contributed by atoms with Gasteiger partial charge < -0.3 is 14.0 Å². The molecule has 128 valence electrons. The van der Waals surface area contributed by atoms with E-state index in [0.717, 1.165) is 49.6 Å². The van der Waals surface area contributed by atoms with Gasteiger partial charge in [0.25, 0.3) is 0 Å². The second-order valence-corrected chi connectivity index (χ2v) is 6.61. The van der Waals surface area contributed by atoms with E-state index in [2.05, 4.69) is 15.0 Å². The van der Waals surface area contributed by atoms with Crippen LogP contribution in [0.15, 0.2) is 35.1 Å². The Hall–Kier alpha value is -1.76. The average Bonchev–Trinajstić information content (AvgIpc) is 3.18. The van der Waals surface area contributed by atoms with Gasteiger partial charge in [0.2, 0.25) is 0 Å². The molecule has 24 heavy (non-hydrogen) atoms. The van der Waals surface area contributed by atoms with Crippen molar-refractivity contribution in [2.24, 2.45) is 0 Å². The third-order valence-corrected chi connectivity index (χ3v) is 4.81. The molecule has 3 atom stereocenters. The number of hydrogen-bond acceptors (Lipinski definition) is 6. The first-order chi connectivity index (χ1) is 11.8. The van der Waals surface area contributed by atoms with Gasteiger partial charge in [0, 0.05) is 44.2 Å². The summed E-state index contributed by atoms with van der Waals surface area (Å²) in [4.78, 5) is 6.57. The Morgan fingerprint density at radius 1 is 1.42 bits per heavy atom. The topological polar surface area (TPSA) is 60.6 Å². The van der Waals surface area contributed by atoms with Crippen molar-refractivity contribution in [1.29, 1.82) is 0 Å². The first-order valence-corrected chi connectivity index (χ1v) is 8.58. The van der Waals surface area contributed by atoms with Gasteiger partial charge in [0.15, 0.2) is 0 Å². The monoisotopic (exact) mass is 329 g/mol. The maximum absolute atomic E-state index is 6.18. The van der Waals surface area contributed by atoms with Crippen molar-refractivity contribution in [3.63, 3.8) is 0 Å². The second kappa shape index (κ2) is 7.01. The van der Waals surface area contributed by atoms with Gasteiger partial charge in [-0.05, 0) is 31.4 Å². The molecule has 6 heteroatoms. The van der Waals surface area contributed by atoms with Crippen molar-refractivity contribution in [2.75, 3.05) is 13.2 Å². The van der Waals surface area contributed by atoms with E-state index < -0.39 is 0 Å². The van der Waals surface area contributed by atoms with Crippen LogP contribution in [0.5, 0.6) is 0 Å². The van der Waals surface area contributed by atoms with Crippen LogP contribution in [-0.4, -0.2) is 46.4 Å². The Morgan fingerprint density at radius 3 is 3.17 bits per heavy atom. The van der Waals surface area contributed by atoms with E-state index in [1.165, 1.54) is 0 Å². The van der Waals surface area contributed by atoms with Crippen molar-refractivity contribution in [1.82, 2.24) is 15.0 Å². The molecule has 0 saturated carbocycles. The van der Waals surface area contributed by atoms with Crippen LogP contribution in [0.25, 0.3) is 0 Å². The number of pyridine rings is 1. The van der Waals surface area contributed by atoms with Gasteiger partial charge in [-0.25, -0.2) is 0 Å². The molecule has 2 aliphatic rings. The lowest BCUT2D eigenvalue weighted by Gasteiger charge is -2.32. The SMILES string of the molecule is Cc1cc(CN2C[C@H](OCc3cccnc3)[C@H]3OCCC[C@H]32)no1. The predicted molar refractivity (Wildman–Crippen MR) is 87.2 cm³/mol. The highest BCUT2D eigenvalue weighted by atomic mass is 16.5. The Labute approximate surface area is 141 Å². The number of aryl methyl sites for hydroxylation is 1. The molecule has 0 radical (unpaired) electrons. The summed E-state index contributed by atoms with van der Waals surface area (Å²) in [5.41, 5.74) is 2.07. The van der Waals surface area contributed by atoms with E-state index in [9.17, 15) is 0 Å². The number of fused-ring (bicyclic) bond motifs is 1. The minimum Gasteiger partial charge on any atom is -0.374 e. The largest absolute Gasteiger partial charge is 0.374 e. The molecule has 0 N–H and O–H groups in total. The fourth-order valence-electron chi connectivity index (χ4n) is 3.72. The smallest absolute Gasteiger partial charge is 0.133 e. The van der Waals surface area contributed by atoms with Crippen LogP contribution < -0.4 is 0 Å². The summed E-state index contributed by atoms with van der Waals surface area (Å²) in [7, 11) is 0. The molecule has 2 aliphatic heterocycles. The van der Waals surface area contributed by atoms with Crippen LogP contribution in [-0.2, 0) is 22.6 Å². The molecule has 0 bridgehead atoms. The minimum atomic E-state index is 0.0866. The highest BCUT2D eigenvalue weighted by Crippen LogP contribution is 2.32. The van der Waals surface area contributed by atoms with Crippen molar-refractivity contribution in [2.45, 2.75) is 51.2 Å². The number of hydrogen-bond donors (Lipinski definition) is 0. The highest BCUT2D eigenvalue weighted by Gasteiger charge is 2.44. The van der Waals surface area contributed by atoms with E-state index in [4.69, 9.17) is 14.0 Å². The molecule has 2 fully saturated rings. The number of aromatic nitrogens is 2. The Balaban J connectivity index is 1.42. The molecule has 0 aliphatic carbocycles. The van der Waals surface area contributed by atoms with Gasteiger partial charge >= 0.3 is 0 Å². The van der Waals surface area contributed by atoms with E-state index in [-0.39, 0.29) is 12.2 Å². The predicted octanol–water partition coefficient (Wildman–Crippen LogP) is 2.33. The fourth-order valence-corrected chi connectivity index (χ4v) is 3.72. The summed E-state index contributed by atoms with van der Waals surface area (Å²) in [5, 5.41) is 4.13. The standard InChI is InChI=1S/C18H23N3O3/c1-13-8-15(20-24-13)10-21-11-17(18-16(21)5-3-7-22-18)23-12-14-4-2-6-19-9-14/h2,4,6,8-9,16-18H,3,5,7,10-12H2,1H3/t16-,17+,18+/m1/s1. The second-order valence-electron chi connectivity index (χ2n) is 6.61. The quantitative estimate of drug-likeness (QED) is 0.839. The normalized spacial score (nSPS) is 27.3. The van der Waals surface area contributed by atoms with Crippen LogP contribution >= 0.6 is 0 Å². The Bertz CT molecular complexity index is 661. The van der Waals surface area contributed by atoms with E-state index in [1.807, 2.05) is 31.3 Å². The summed E-state index contributed by atoms with van der Waals surface area (Å²) in [6.07, 6.45) is 6.11. The lowest BCUT2D eigenvalue weighted by atomic mass is 10.0. The van der Waals surface area contributed by atoms with Gasteiger partial charge in [-0.2, -0.15) is 0 Å². The van der Waals surface area contributed by atoms with E-state index in [0.29, 0.717) is 12.6 Å². The van der Waals surface area contributed by atoms with E-state index >= 15 is 0 Å². The molecule has 4 heterocycles. The number of likely N-dealkylation sites (tertiary alicyclic amines) is 1. The molecular formula is C18H23N3O3. The molecular weight excluding hydrogens is 306 g/mol. The molecule has 6 nitrogen and oxygen atoms in total. The van der Waals surface area contributed by atoms with Crippen LogP contribution in [0.3, 0.4) is 0 Å². The number of nitrogens with zero attached hydrogens (tertiary/aromatic N) is 3. The van der Waals surface area contributed by atoms with Crippen LogP contribution in [0.2, 0.25) is 0 Å². The van der Waals surface area contributed by atoms with E-state index in [1.54, 1.807) is 6.20 Å². The highest BCUT2D eigenvalue weighted by molar-refractivity contribution is 5.08. The summed E-state index contributed by atoms with van der Waals surface area (Å²) in [6.45, 7) is 4.97. The Kier molecular flexibility index (Phi) is 4.60. The van der Waals surface area contributed by atoms with Crippen molar-refractivity contribution in [3.05, 3.63) is 47.6 Å². The van der Waals surface area contributed by atoms with Crippen molar-refractivity contribution >= 4 is 0 Å². The van der Waals surface area contributed by atoms with Crippen LogP contribution in [0.1, 0.15) is 29.9 Å². The van der Waals surface area contributed by atoms with Gasteiger partial charge in [0.05, 0.1) is 18.4 Å². The molecule has 2 aromatic rings. The Morgan fingerprint density at radius 2 is 2.38 bits per heavy atom. The van der Waals surface area contributed by atoms with Gasteiger partial charge in [-0.15, -0.1) is 0 Å². The van der Waals surface area contributed by atoms with Crippen molar-refractivity contribution < 1.29 is 14.0 Å². The summed E-state index contributed by atoms with van der Waals surface area (Å²) in [6, 6.07) is 6.38. The third kappa shape index (κ3) is 3.36. The van der Waals surface area contributed by atoms with Gasteiger partial charge in [-0.1, -0.05) is 11.2 Å². The lowest BCUT2D eigenvalue weighted by molar-refractivity contribution is -0.0819. The molecule has 2 aromatic heterocycles. The summed E-state index contributed by atoms with van der Waals surface area (Å²) >= 11 is 0. The minimum absolute atomic E-state index is 0.0866. The molecule has 0 aromatic carbocycles. The van der Waals surface area contributed by atoms with Gasteiger partial charge in [-0.3, -0.25) is 9.88 Å². The van der Waals surface area contributed by atoms with Crippen LogP contribution in [0, 0.1) is 6.92 Å². The average molecular weight is 329 g/mol. The summed E-state index contributed by atoms with van der Waals surface area (Å²) in [5.74, 6) is 0.852. The van der Waals surface area contributed by atoms with Crippen LogP contribution in [0.4, 0.5) is 0 Å². The van der Waals surface area contributed by atoms with Crippen molar-refractivity contribution in [3.8, 4) is 0 Å². The zero-order chi connectivity index (χ0) is 16.4. The van der Waals surface area contributed by atoms with Gasteiger partial charge in [0.1, 0.15) is 11.9 Å². The maximum Gasteiger partial charge on any atom is 0.133 e. The molecule has 0 spiro atoms. The molecule has 0 amide bonds. The lowest BCUT2D eigenvalue weighted by Crippen LogP contribution is -2.41. The number of rotatable bonds is 5. The first kappa shape index (κ1) is 15.7. The third-order valence-electron chi connectivity index (χ3n) is 4.81. The molecule has 4 rings (SSSR count).